The number of carbonyl (C=O) groups excluding carboxylic acids is 12. The van der Waals surface area contributed by atoms with Gasteiger partial charge in [0.1, 0.15) is 66.5 Å². The van der Waals surface area contributed by atoms with Crippen LogP contribution in [0.25, 0.3) is 10.9 Å². The summed E-state index contributed by atoms with van der Waals surface area (Å²) in [6.45, 7) is 9.04. The number of nitrogens with one attached hydrogen (secondary N) is 13. The Morgan fingerprint density at radius 1 is 0.523 bits per heavy atom. The minimum Gasteiger partial charge on any atom is -0.481 e. The zero-order valence-corrected chi connectivity index (χ0v) is 62.4. The lowest BCUT2D eigenvalue weighted by Crippen LogP contribution is -2.63. The van der Waals surface area contributed by atoms with Crippen LogP contribution in [0.4, 0.5) is 0 Å². The highest BCUT2D eigenvalue weighted by Gasteiger charge is 2.43. The van der Waals surface area contributed by atoms with Crippen LogP contribution in [0.1, 0.15) is 115 Å². The van der Waals surface area contributed by atoms with Gasteiger partial charge in [0.05, 0.1) is 48.7 Å². The Morgan fingerprint density at radius 3 is 1.52 bits per heavy atom. The molecule has 1 saturated heterocycles. The van der Waals surface area contributed by atoms with E-state index in [1.165, 1.54) is 32.0 Å². The second-order valence-electron chi connectivity index (χ2n) is 28.1. The van der Waals surface area contributed by atoms with E-state index in [-0.39, 0.29) is 57.2 Å². The van der Waals surface area contributed by atoms with E-state index >= 15 is 0 Å². The molecule has 7 rings (SSSR count). The van der Waals surface area contributed by atoms with Crippen LogP contribution in [0.2, 0.25) is 0 Å². The Hall–Kier alpha value is -11.9. The fourth-order valence-electron chi connectivity index (χ4n) is 12.7. The fraction of sp³-hybridized carbons (Fsp3) is 0.467. The van der Waals surface area contributed by atoms with Crippen molar-refractivity contribution in [3.05, 3.63) is 144 Å². The predicted molar refractivity (Wildman–Crippen MR) is 399 cm³/mol. The van der Waals surface area contributed by atoms with Crippen molar-refractivity contribution >= 4 is 93.7 Å². The molecule has 0 radical (unpaired) electrons. The number of rotatable bonds is 43. The molecule has 0 bridgehead atoms. The number of carbonyl (C=O) groups is 14. The Labute approximate surface area is 639 Å². The zero-order valence-electron chi connectivity index (χ0n) is 62.4. The van der Waals surface area contributed by atoms with E-state index in [0.717, 1.165) is 11.8 Å². The van der Waals surface area contributed by atoms with Gasteiger partial charge in [-0.3, -0.25) is 62.3 Å². The minimum absolute atomic E-state index is 0.0282. The van der Waals surface area contributed by atoms with Crippen LogP contribution in [0.3, 0.4) is 0 Å². The summed E-state index contributed by atoms with van der Waals surface area (Å²) < 4.78 is 0. The number of hydrogen-bond acceptors (Lipinski definition) is 19. The number of benzene rings is 3. The van der Waals surface area contributed by atoms with Gasteiger partial charge >= 0.3 is 11.9 Å². The number of carboxylic acids is 2. The first-order valence-corrected chi connectivity index (χ1v) is 36.6. The summed E-state index contributed by atoms with van der Waals surface area (Å²) in [5.41, 5.74) is 14.6. The lowest BCUT2D eigenvalue weighted by Gasteiger charge is -2.31. The Balaban J connectivity index is 1.08. The number of aromatic nitrogens is 5. The third-order valence-electron chi connectivity index (χ3n) is 18.9. The standard InChI is InChI=1S/C75H100N18O18/c1-7-40(4)61(71(106)89-57(75(110)111)29-44-19-12-9-13-20-44)90-68(103)55(32-47-36-79-38-82-47)86-70(105)58-23-16-26-93(58)74(109)51(24-25-60(97)98)83-65(100)52(27-39(2)3)87-73(108)63(42(6)95)92-69(104)54(31-46-35-78-37-81-46)85-66(101)53(30-45-34-80-50-22-15-14-21-48(45)50)84-67(102)56(33-59(77)96)88-72(107)62(41(5)94)91-64(99)49(76)28-43-17-10-8-11-18-43/h8-15,17-22,34-42,49,51-58,61-63,80,94-95H,7,16,23-33,76H2,1-6H3,(H2,77,96)(H,78,81)(H,79,82)(H,83,100)(H,84,102)(H,85,101)(H,86,105)(H,87,108)(H,88,107)(H,89,106)(H,90,103)(H,91,99)(H,92,104)(H,97,98)(H,110,111)/t40-,41+,42+,49-,51-,52-,53-,54-,55-,56-,57-,58-,61-,62-,63-/m0/s1. The van der Waals surface area contributed by atoms with Crippen LogP contribution in [0.5, 0.6) is 0 Å². The van der Waals surface area contributed by atoms with Crippen LogP contribution in [0.15, 0.2) is 116 Å². The van der Waals surface area contributed by atoms with Crippen molar-refractivity contribution < 1.29 is 87.5 Å². The molecule has 3 aromatic carbocycles. The number of likely N-dealkylation sites (tertiary alicyclic amines) is 1. The first-order valence-electron chi connectivity index (χ1n) is 36.6. The number of para-hydroxylation sites is 1. The molecule has 12 amide bonds. The molecule has 4 heterocycles. The van der Waals surface area contributed by atoms with Gasteiger partial charge in [-0.25, -0.2) is 14.8 Å². The number of nitrogens with zero attached hydrogens (tertiary/aromatic N) is 3. The third-order valence-corrected chi connectivity index (χ3v) is 18.9. The Kier molecular flexibility index (Phi) is 32.3. The molecule has 111 heavy (non-hydrogen) atoms. The molecule has 15 atom stereocenters. The molecule has 3 aromatic heterocycles. The lowest BCUT2D eigenvalue weighted by molar-refractivity contribution is -0.144. The average molecular weight is 1540 g/mol. The van der Waals surface area contributed by atoms with Crippen molar-refractivity contribution in [1.82, 2.24) is 83.0 Å². The van der Waals surface area contributed by atoms with Gasteiger partial charge in [0.25, 0.3) is 0 Å². The van der Waals surface area contributed by atoms with Gasteiger partial charge in [-0.05, 0) is 80.5 Å². The van der Waals surface area contributed by atoms with Crippen LogP contribution in [0, 0.1) is 11.8 Å². The van der Waals surface area contributed by atoms with Crippen LogP contribution < -0.4 is 64.6 Å². The summed E-state index contributed by atoms with van der Waals surface area (Å²) in [6.07, 6.45) is 1.02. The molecule has 0 saturated carbocycles. The predicted octanol–water partition coefficient (Wildman–Crippen LogP) is -2.03. The number of H-pyrrole nitrogens is 3. The smallest absolute Gasteiger partial charge is 0.326 e. The number of aliphatic carboxylic acids is 2. The maximum Gasteiger partial charge on any atom is 0.326 e. The summed E-state index contributed by atoms with van der Waals surface area (Å²) >= 11 is 0. The van der Waals surface area contributed by atoms with Gasteiger partial charge in [-0.1, -0.05) is 113 Å². The van der Waals surface area contributed by atoms with E-state index in [4.69, 9.17) is 11.5 Å². The van der Waals surface area contributed by atoms with Crippen molar-refractivity contribution in [2.45, 2.75) is 203 Å². The van der Waals surface area contributed by atoms with E-state index in [0.29, 0.717) is 39.7 Å². The minimum atomic E-state index is -1.92. The maximum absolute atomic E-state index is 15.0. The fourth-order valence-corrected chi connectivity index (χ4v) is 12.7. The number of imidazole rings is 2. The van der Waals surface area contributed by atoms with Gasteiger partial charge in [0, 0.05) is 68.1 Å². The summed E-state index contributed by atoms with van der Waals surface area (Å²) in [7, 11) is 0. The van der Waals surface area contributed by atoms with Crippen molar-refractivity contribution in [2.75, 3.05) is 6.54 Å². The quantitative estimate of drug-likeness (QED) is 0.0196. The third kappa shape index (κ3) is 25.9. The Morgan fingerprint density at radius 2 is 0.991 bits per heavy atom. The second kappa shape index (κ2) is 41.6. The molecular weight excluding hydrogens is 1440 g/mol. The van der Waals surface area contributed by atoms with E-state index in [9.17, 15) is 87.5 Å². The van der Waals surface area contributed by atoms with Crippen LogP contribution in [-0.2, 0) is 99.2 Å². The number of carboxylic acid groups (broad SMARTS) is 2. The normalized spacial score (nSPS) is 16.5. The average Bonchev–Trinajstić information content (AvgIpc) is 1.75. The molecule has 1 aliphatic rings. The lowest BCUT2D eigenvalue weighted by atomic mass is 9.96. The monoisotopic (exact) mass is 1540 g/mol. The van der Waals surface area contributed by atoms with E-state index in [1.54, 1.807) is 119 Å². The number of fused-ring (bicyclic) bond motifs is 1. The summed E-state index contributed by atoms with van der Waals surface area (Å²) in [5, 5.41) is 68.0. The first kappa shape index (κ1) is 86.3. The van der Waals surface area contributed by atoms with Crippen molar-refractivity contribution in [1.29, 1.82) is 0 Å². The van der Waals surface area contributed by atoms with Gasteiger partial charge in [-0.2, -0.15) is 0 Å². The molecule has 1 aliphatic heterocycles. The molecular formula is C75H100N18O18. The molecule has 598 valence electrons. The van der Waals surface area contributed by atoms with E-state index in [1.807, 2.05) is 0 Å². The number of aromatic amines is 3. The van der Waals surface area contributed by atoms with Gasteiger partial charge < -0.3 is 105 Å². The summed E-state index contributed by atoms with van der Waals surface area (Å²) in [5.74, 6) is -15.7. The molecule has 21 N–H and O–H groups in total. The Bertz CT molecular complexity index is 4180. The van der Waals surface area contributed by atoms with E-state index < -0.39 is 205 Å². The van der Waals surface area contributed by atoms with Crippen LogP contribution in [-0.4, -0.2) is 224 Å². The highest BCUT2D eigenvalue weighted by molar-refractivity contribution is 6.01. The molecule has 6 aromatic rings. The largest absolute Gasteiger partial charge is 0.481 e. The van der Waals surface area contributed by atoms with Crippen LogP contribution >= 0.6 is 0 Å². The molecule has 0 unspecified atom stereocenters. The number of aliphatic hydroxyl groups excluding tert-OH is 2. The maximum atomic E-state index is 15.0. The van der Waals surface area contributed by atoms with Gasteiger partial charge in [-0.15, -0.1) is 0 Å². The molecule has 0 spiro atoms. The summed E-state index contributed by atoms with van der Waals surface area (Å²) in [4.78, 5) is 214. The number of primary amides is 1. The highest BCUT2D eigenvalue weighted by Crippen LogP contribution is 2.23. The van der Waals surface area contributed by atoms with Crippen molar-refractivity contribution in [3.63, 3.8) is 0 Å². The molecule has 0 aliphatic carbocycles. The second-order valence-corrected chi connectivity index (χ2v) is 28.1. The molecule has 36 heteroatoms. The molecule has 1 fully saturated rings. The molecule has 36 nitrogen and oxygen atoms in total. The number of aliphatic hydroxyl groups is 2. The number of nitrogens with two attached hydrogens (primary N) is 2. The van der Waals surface area contributed by atoms with Crippen molar-refractivity contribution in [2.24, 2.45) is 23.3 Å². The topological polar surface area (TPSA) is 569 Å². The highest BCUT2D eigenvalue weighted by atomic mass is 16.4. The first-order chi connectivity index (χ1) is 52.8. The van der Waals surface area contributed by atoms with E-state index in [2.05, 4.69) is 78.1 Å². The number of hydrogen-bond donors (Lipinski definition) is 19. The summed E-state index contributed by atoms with van der Waals surface area (Å²) in [6, 6.07) is 5.38. The number of amides is 12. The zero-order chi connectivity index (χ0) is 81.2. The van der Waals surface area contributed by atoms with Gasteiger partial charge in [0.2, 0.25) is 70.9 Å². The SMILES string of the molecule is CC[C@H](C)[C@H](NC(=O)[C@H](Cc1c[nH]cn1)NC(=O)[C@@H]1CCCN1C(=O)[C@H](CCC(=O)O)NC(=O)[C@H](CC(C)C)NC(=O)[C@@H](NC(=O)[C@H](Cc1c[nH]cn1)NC(=O)[C@H](Cc1c[nH]c2ccccc12)NC(=O)[C@H](CC(N)=O)NC(=O)[C@@H](NC(=O)[C@@H](N)Cc1ccccc1)[C@@H](C)O)[C@@H](C)O)C(=O)N[C@@H](Cc1ccccc1)C(=O)O. The van der Waals surface area contributed by atoms with Gasteiger partial charge in [0.15, 0.2) is 0 Å². The van der Waals surface area contributed by atoms with Crippen molar-refractivity contribution in [3.8, 4) is 0 Å².